The molecule has 2 heterocycles. The minimum Gasteiger partial charge on any atom is -0.462 e. The minimum atomic E-state index is -0.281. The van der Waals surface area contributed by atoms with Gasteiger partial charge in [0.2, 0.25) is 0 Å². The predicted octanol–water partition coefficient (Wildman–Crippen LogP) is 1.69. The maximum atomic E-state index is 12.2. The van der Waals surface area contributed by atoms with Gasteiger partial charge in [0.1, 0.15) is 6.10 Å². The quantitative estimate of drug-likeness (QED) is 0.789. The van der Waals surface area contributed by atoms with Crippen molar-refractivity contribution in [3.8, 4) is 0 Å². The average Bonchev–Trinajstić information content (AvgIpc) is 3.23. The Morgan fingerprint density at radius 3 is 2.70 bits per heavy atom. The molecule has 7 heteroatoms. The van der Waals surface area contributed by atoms with E-state index in [0.717, 1.165) is 12.0 Å². The van der Waals surface area contributed by atoms with Gasteiger partial charge in [0.15, 0.2) is 0 Å². The monoisotopic (exact) mass is 321 g/mol. The summed E-state index contributed by atoms with van der Waals surface area (Å²) in [7, 11) is 1.87. The van der Waals surface area contributed by atoms with Gasteiger partial charge in [-0.05, 0) is 18.9 Å². The molecule has 1 saturated carbocycles. The highest BCUT2D eigenvalue weighted by atomic mass is 16.6. The van der Waals surface area contributed by atoms with Crippen molar-refractivity contribution in [2.75, 3.05) is 19.7 Å². The van der Waals surface area contributed by atoms with E-state index in [1.165, 1.54) is 0 Å². The number of likely N-dealkylation sites (tertiary alicyclic amines) is 1. The fraction of sp³-hybridized carbons (Fsp3) is 0.688. The molecule has 0 unspecified atom stereocenters. The summed E-state index contributed by atoms with van der Waals surface area (Å²) in [6.45, 7) is 3.33. The average molecular weight is 321 g/mol. The largest absolute Gasteiger partial charge is 0.462 e. The number of carbonyl (C=O) groups excluding carboxylic acids is 2. The third-order valence-electron chi connectivity index (χ3n) is 4.50. The molecular weight excluding hydrogens is 298 g/mol. The zero-order chi connectivity index (χ0) is 16.4. The maximum absolute atomic E-state index is 12.2. The van der Waals surface area contributed by atoms with Crippen molar-refractivity contribution >= 4 is 12.1 Å². The zero-order valence-corrected chi connectivity index (χ0v) is 13.6. The highest BCUT2D eigenvalue weighted by molar-refractivity contribution is 5.77. The number of hydrogen-bond donors (Lipinski definition) is 0. The van der Waals surface area contributed by atoms with Crippen molar-refractivity contribution < 1.29 is 19.1 Å². The molecule has 1 aromatic rings. The van der Waals surface area contributed by atoms with Gasteiger partial charge in [-0.25, -0.2) is 4.79 Å². The molecule has 0 aromatic carbocycles. The van der Waals surface area contributed by atoms with E-state index in [4.69, 9.17) is 9.47 Å². The molecule has 0 spiro atoms. The van der Waals surface area contributed by atoms with Crippen LogP contribution in [0.1, 0.15) is 37.7 Å². The highest BCUT2D eigenvalue weighted by Crippen LogP contribution is 2.48. The number of aryl methyl sites for hydroxylation is 1. The standard InChI is InChI=1S/C16H23N3O4/c1-3-22-16(21)19-6-4-12(5-7-19)23-15(20)14-8-13(14)11-9-17-18(2)10-11/h9-10,12-14H,3-8H2,1-2H3/t13-,14-/m1/s1. The summed E-state index contributed by atoms with van der Waals surface area (Å²) in [5.41, 5.74) is 1.10. The lowest BCUT2D eigenvalue weighted by Gasteiger charge is -2.30. The summed E-state index contributed by atoms with van der Waals surface area (Å²) in [4.78, 5) is 25.5. The van der Waals surface area contributed by atoms with Crippen LogP contribution in [-0.2, 0) is 21.3 Å². The molecule has 0 bridgehead atoms. The fourth-order valence-electron chi connectivity index (χ4n) is 3.08. The molecule has 2 aliphatic rings. The molecule has 1 aromatic heterocycles. The molecule has 23 heavy (non-hydrogen) atoms. The van der Waals surface area contributed by atoms with E-state index in [1.807, 2.05) is 19.4 Å². The molecule has 0 radical (unpaired) electrons. The number of carbonyl (C=O) groups is 2. The van der Waals surface area contributed by atoms with Crippen molar-refractivity contribution in [1.29, 1.82) is 0 Å². The zero-order valence-electron chi connectivity index (χ0n) is 13.6. The predicted molar refractivity (Wildman–Crippen MR) is 81.8 cm³/mol. The van der Waals surface area contributed by atoms with Gasteiger partial charge in [-0.2, -0.15) is 5.10 Å². The second-order valence-corrected chi connectivity index (χ2v) is 6.22. The van der Waals surface area contributed by atoms with Crippen LogP contribution in [0.5, 0.6) is 0 Å². The van der Waals surface area contributed by atoms with Gasteiger partial charge in [0.05, 0.1) is 18.7 Å². The van der Waals surface area contributed by atoms with Gasteiger partial charge in [-0.3, -0.25) is 9.48 Å². The lowest BCUT2D eigenvalue weighted by molar-refractivity contribution is -0.152. The lowest BCUT2D eigenvalue weighted by Crippen LogP contribution is -2.41. The molecule has 1 aliphatic carbocycles. The molecule has 1 saturated heterocycles. The number of nitrogens with zero attached hydrogens (tertiary/aromatic N) is 3. The topological polar surface area (TPSA) is 73.7 Å². The summed E-state index contributed by atoms with van der Waals surface area (Å²) in [5.74, 6) is 0.0894. The number of piperidine rings is 1. The highest BCUT2D eigenvalue weighted by Gasteiger charge is 2.46. The van der Waals surface area contributed by atoms with Crippen LogP contribution in [0.4, 0.5) is 4.79 Å². The lowest BCUT2D eigenvalue weighted by atomic mass is 10.1. The summed E-state index contributed by atoms with van der Waals surface area (Å²) < 4.78 is 12.4. The fourth-order valence-corrected chi connectivity index (χ4v) is 3.08. The first-order valence-corrected chi connectivity index (χ1v) is 8.19. The van der Waals surface area contributed by atoms with Gasteiger partial charge in [-0.15, -0.1) is 0 Å². The second-order valence-electron chi connectivity index (χ2n) is 6.22. The van der Waals surface area contributed by atoms with E-state index in [0.29, 0.717) is 32.5 Å². The number of rotatable bonds is 4. The van der Waals surface area contributed by atoms with Crippen LogP contribution in [-0.4, -0.2) is 52.5 Å². The Hall–Kier alpha value is -2.05. The Bertz CT molecular complexity index is 578. The first-order valence-electron chi connectivity index (χ1n) is 8.19. The smallest absolute Gasteiger partial charge is 0.409 e. The van der Waals surface area contributed by atoms with Crippen molar-refractivity contribution in [2.45, 2.75) is 38.2 Å². The van der Waals surface area contributed by atoms with E-state index in [1.54, 1.807) is 16.5 Å². The molecule has 1 aliphatic heterocycles. The molecule has 2 fully saturated rings. The van der Waals surface area contributed by atoms with Crippen molar-refractivity contribution in [3.05, 3.63) is 18.0 Å². The van der Waals surface area contributed by atoms with Crippen LogP contribution in [0.3, 0.4) is 0 Å². The van der Waals surface area contributed by atoms with Gasteiger partial charge in [-0.1, -0.05) is 0 Å². The van der Waals surface area contributed by atoms with Crippen molar-refractivity contribution in [1.82, 2.24) is 14.7 Å². The third kappa shape index (κ3) is 3.65. The Labute approximate surface area is 135 Å². The first kappa shape index (κ1) is 15.8. The number of ether oxygens (including phenoxy) is 2. The van der Waals surface area contributed by atoms with E-state index < -0.39 is 0 Å². The maximum Gasteiger partial charge on any atom is 0.409 e. The van der Waals surface area contributed by atoms with Crippen molar-refractivity contribution in [3.63, 3.8) is 0 Å². The summed E-state index contributed by atoms with van der Waals surface area (Å²) in [6.07, 6.45) is 5.58. The molecule has 0 N–H and O–H groups in total. The van der Waals surface area contributed by atoms with E-state index >= 15 is 0 Å². The molecular formula is C16H23N3O4. The van der Waals surface area contributed by atoms with Gasteiger partial charge in [0, 0.05) is 45.1 Å². The number of amides is 1. The number of hydrogen-bond acceptors (Lipinski definition) is 5. The van der Waals surface area contributed by atoms with E-state index in [9.17, 15) is 9.59 Å². The summed E-state index contributed by atoms with van der Waals surface area (Å²) in [6, 6.07) is 0. The third-order valence-corrected chi connectivity index (χ3v) is 4.50. The van der Waals surface area contributed by atoms with E-state index in [-0.39, 0.29) is 30.0 Å². The Morgan fingerprint density at radius 1 is 1.35 bits per heavy atom. The van der Waals surface area contributed by atoms with E-state index in [2.05, 4.69) is 5.10 Å². The van der Waals surface area contributed by atoms with Gasteiger partial charge >= 0.3 is 12.1 Å². The summed E-state index contributed by atoms with van der Waals surface area (Å²) >= 11 is 0. The normalized spacial score (nSPS) is 24.3. The Morgan fingerprint density at radius 2 is 2.09 bits per heavy atom. The number of aromatic nitrogens is 2. The SMILES string of the molecule is CCOC(=O)N1CCC(OC(=O)[C@@H]2C[C@@H]2c2cnn(C)c2)CC1. The molecule has 126 valence electrons. The van der Waals surface area contributed by atoms with Crippen LogP contribution in [0, 0.1) is 5.92 Å². The van der Waals surface area contributed by atoms with Gasteiger partial charge in [0.25, 0.3) is 0 Å². The van der Waals surface area contributed by atoms with Crippen molar-refractivity contribution in [2.24, 2.45) is 13.0 Å². The van der Waals surface area contributed by atoms with Gasteiger partial charge < -0.3 is 14.4 Å². The molecule has 2 atom stereocenters. The summed E-state index contributed by atoms with van der Waals surface area (Å²) in [5, 5.41) is 4.14. The van der Waals surface area contributed by atoms with Crippen LogP contribution in [0.15, 0.2) is 12.4 Å². The molecule has 3 rings (SSSR count). The van der Waals surface area contributed by atoms with Crippen LogP contribution in [0.25, 0.3) is 0 Å². The molecule has 7 nitrogen and oxygen atoms in total. The first-order chi connectivity index (χ1) is 11.1. The number of esters is 1. The van der Waals surface area contributed by atoms with Crippen LogP contribution < -0.4 is 0 Å². The Balaban J connectivity index is 1.43. The Kier molecular flexibility index (Phi) is 4.54. The van der Waals surface area contributed by atoms with Crippen LogP contribution in [0.2, 0.25) is 0 Å². The second kappa shape index (κ2) is 6.60. The minimum absolute atomic E-state index is 0.0395. The van der Waals surface area contributed by atoms with Crippen LogP contribution >= 0.6 is 0 Å². The molecule has 1 amide bonds.